The largest absolute Gasteiger partial charge is 0.482 e. The maximum absolute atomic E-state index is 11.8. The van der Waals surface area contributed by atoms with Crippen LogP contribution in [0.25, 0.3) is 10.2 Å². The van der Waals surface area contributed by atoms with Gasteiger partial charge in [0.25, 0.3) is 5.91 Å². The van der Waals surface area contributed by atoms with Crippen LogP contribution in [0.5, 0.6) is 5.75 Å². The lowest BCUT2D eigenvalue weighted by atomic mass is 10.3. The number of amides is 1. The molecule has 0 saturated carbocycles. The highest BCUT2D eigenvalue weighted by atomic mass is 35.5. The summed E-state index contributed by atoms with van der Waals surface area (Å²) in [5.41, 5.74) is 1.00. The number of halogens is 1. The second-order valence-electron chi connectivity index (χ2n) is 4.89. The first-order valence-electron chi connectivity index (χ1n) is 7.21. The van der Waals surface area contributed by atoms with E-state index in [9.17, 15) is 4.79 Å². The molecule has 3 aromatic rings. The zero-order valence-electron chi connectivity index (χ0n) is 12.3. The van der Waals surface area contributed by atoms with Gasteiger partial charge in [-0.05, 0) is 24.3 Å². The standard InChI is InChI=1S/C17H15ClN2O2S/c18-12-5-1-3-7-14(12)22-11-16(21)19-10-9-17-20-13-6-2-4-8-15(13)23-17/h1-8H,9-11H2,(H,19,21). The van der Waals surface area contributed by atoms with Crippen molar-refractivity contribution in [1.82, 2.24) is 10.3 Å². The number of hydrogen-bond donors (Lipinski definition) is 1. The predicted octanol–water partition coefficient (Wildman–Crippen LogP) is 3.69. The number of nitrogens with zero attached hydrogens (tertiary/aromatic N) is 1. The maximum atomic E-state index is 11.8. The van der Waals surface area contributed by atoms with Crippen molar-refractivity contribution in [2.24, 2.45) is 0 Å². The van der Waals surface area contributed by atoms with E-state index in [1.165, 1.54) is 0 Å². The molecule has 0 radical (unpaired) electrons. The van der Waals surface area contributed by atoms with Crippen LogP contribution in [0, 0.1) is 0 Å². The molecule has 0 aliphatic heterocycles. The average molecular weight is 347 g/mol. The number of rotatable bonds is 6. The summed E-state index contributed by atoms with van der Waals surface area (Å²) in [6.45, 7) is 0.480. The summed E-state index contributed by atoms with van der Waals surface area (Å²) < 4.78 is 6.56. The van der Waals surface area contributed by atoms with E-state index < -0.39 is 0 Å². The summed E-state index contributed by atoms with van der Waals surface area (Å²) in [4.78, 5) is 16.3. The molecule has 23 heavy (non-hydrogen) atoms. The lowest BCUT2D eigenvalue weighted by Crippen LogP contribution is -2.30. The van der Waals surface area contributed by atoms with E-state index in [4.69, 9.17) is 16.3 Å². The SMILES string of the molecule is O=C(COc1ccccc1Cl)NCCc1nc2ccccc2s1. The number of carbonyl (C=O) groups excluding carboxylic acids is 1. The predicted molar refractivity (Wildman–Crippen MR) is 93.3 cm³/mol. The minimum atomic E-state index is -0.175. The molecule has 1 amide bonds. The second kappa shape index (κ2) is 7.44. The minimum absolute atomic E-state index is 0.0520. The Morgan fingerprint density at radius 3 is 2.78 bits per heavy atom. The third kappa shape index (κ3) is 4.21. The quantitative estimate of drug-likeness (QED) is 0.740. The Morgan fingerprint density at radius 2 is 1.96 bits per heavy atom. The van der Waals surface area contributed by atoms with E-state index >= 15 is 0 Å². The molecule has 4 nitrogen and oxygen atoms in total. The first-order valence-corrected chi connectivity index (χ1v) is 8.40. The number of para-hydroxylation sites is 2. The van der Waals surface area contributed by atoms with Crippen LogP contribution >= 0.6 is 22.9 Å². The Balaban J connectivity index is 1.45. The Hall–Kier alpha value is -2.11. The Morgan fingerprint density at radius 1 is 1.17 bits per heavy atom. The van der Waals surface area contributed by atoms with E-state index in [2.05, 4.69) is 10.3 Å². The molecule has 0 spiro atoms. The minimum Gasteiger partial charge on any atom is -0.482 e. The molecule has 0 fully saturated rings. The summed E-state index contributed by atoms with van der Waals surface area (Å²) >= 11 is 7.62. The molecule has 0 saturated heterocycles. The first-order chi connectivity index (χ1) is 11.2. The second-order valence-corrected chi connectivity index (χ2v) is 6.42. The lowest BCUT2D eigenvalue weighted by molar-refractivity contribution is -0.123. The third-order valence-corrected chi connectivity index (χ3v) is 4.60. The molecule has 118 valence electrons. The molecule has 0 atom stereocenters. The summed E-state index contributed by atoms with van der Waals surface area (Å²) in [5, 5.41) is 4.33. The zero-order chi connectivity index (χ0) is 16.1. The number of ether oxygens (including phenoxy) is 1. The van der Waals surface area contributed by atoms with Gasteiger partial charge in [-0.2, -0.15) is 0 Å². The van der Waals surface area contributed by atoms with Crippen molar-refractivity contribution in [1.29, 1.82) is 0 Å². The summed E-state index contributed by atoms with van der Waals surface area (Å²) in [6.07, 6.45) is 0.706. The van der Waals surface area contributed by atoms with Gasteiger partial charge in [0.1, 0.15) is 5.75 Å². The van der Waals surface area contributed by atoms with Gasteiger partial charge in [0.15, 0.2) is 6.61 Å². The normalized spacial score (nSPS) is 10.7. The highest BCUT2D eigenvalue weighted by molar-refractivity contribution is 7.18. The fraction of sp³-hybridized carbons (Fsp3) is 0.176. The van der Waals surface area contributed by atoms with Crippen LogP contribution in [0.4, 0.5) is 0 Å². The van der Waals surface area contributed by atoms with Crippen LogP contribution in [-0.2, 0) is 11.2 Å². The van der Waals surface area contributed by atoms with Crippen LogP contribution < -0.4 is 10.1 Å². The van der Waals surface area contributed by atoms with Crippen LogP contribution in [0.15, 0.2) is 48.5 Å². The monoisotopic (exact) mass is 346 g/mol. The molecule has 0 aliphatic rings. The number of aromatic nitrogens is 1. The summed E-state index contributed by atoms with van der Waals surface area (Å²) in [7, 11) is 0. The van der Waals surface area contributed by atoms with E-state index in [1.54, 1.807) is 23.5 Å². The van der Waals surface area contributed by atoms with Crippen LogP contribution in [0.2, 0.25) is 5.02 Å². The van der Waals surface area contributed by atoms with Gasteiger partial charge in [0, 0.05) is 13.0 Å². The fourth-order valence-corrected chi connectivity index (χ4v) is 3.25. The van der Waals surface area contributed by atoms with Crippen molar-refractivity contribution in [2.75, 3.05) is 13.2 Å². The van der Waals surface area contributed by atoms with Gasteiger partial charge < -0.3 is 10.1 Å². The Bertz CT molecular complexity index is 786. The van der Waals surface area contributed by atoms with Gasteiger partial charge in [0.05, 0.1) is 20.2 Å². The van der Waals surface area contributed by atoms with Crippen LogP contribution in [0.3, 0.4) is 0 Å². The number of benzene rings is 2. The fourth-order valence-electron chi connectivity index (χ4n) is 2.09. The molecule has 6 heteroatoms. The third-order valence-electron chi connectivity index (χ3n) is 3.19. The van der Waals surface area contributed by atoms with Gasteiger partial charge in [0.2, 0.25) is 0 Å². The summed E-state index contributed by atoms with van der Waals surface area (Å²) in [6, 6.07) is 15.1. The van der Waals surface area contributed by atoms with Gasteiger partial charge in [-0.25, -0.2) is 4.98 Å². The van der Waals surface area contributed by atoms with Crippen molar-refractivity contribution in [3.05, 3.63) is 58.6 Å². The van der Waals surface area contributed by atoms with E-state index in [1.807, 2.05) is 36.4 Å². The maximum Gasteiger partial charge on any atom is 0.257 e. The Labute approximate surface area is 143 Å². The molecule has 2 aromatic carbocycles. The molecule has 0 aliphatic carbocycles. The number of carbonyl (C=O) groups is 1. The number of thiazole rings is 1. The molecular weight excluding hydrogens is 332 g/mol. The lowest BCUT2D eigenvalue weighted by Gasteiger charge is -2.08. The summed E-state index contributed by atoms with van der Waals surface area (Å²) in [5.74, 6) is 0.335. The Kier molecular flexibility index (Phi) is 5.10. The van der Waals surface area contributed by atoms with E-state index in [0.29, 0.717) is 23.7 Å². The van der Waals surface area contributed by atoms with Gasteiger partial charge >= 0.3 is 0 Å². The van der Waals surface area contributed by atoms with Crippen molar-refractivity contribution < 1.29 is 9.53 Å². The number of fused-ring (bicyclic) bond motifs is 1. The first kappa shape index (κ1) is 15.8. The van der Waals surface area contributed by atoms with E-state index in [0.717, 1.165) is 15.2 Å². The highest BCUT2D eigenvalue weighted by Gasteiger charge is 2.07. The van der Waals surface area contributed by atoms with Crippen LogP contribution in [-0.4, -0.2) is 24.0 Å². The number of hydrogen-bond acceptors (Lipinski definition) is 4. The molecule has 3 rings (SSSR count). The van der Waals surface area contributed by atoms with Crippen molar-refractivity contribution >= 4 is 39.1 Å². The average Bonchev–Trinajstić information content (AvgIpc) is 2.97. The van der Waals surface area contributed by atoms with Gasteiger partial charge in [-0.3, -0.25) is 4.79 Å². The van der Waals surface area contributed by atoms with Crippen LogP contribution in [0.1, 0.15) is 5.01 Å². The molecule has 1 aromatic heterocycles. The van der Waals surface area contributed by atoms with Crippen molar-refractivity contribution in [2.45, 2.75) is 6.42 Å². The molecule has 1 N–H and O–H groups in total. The van der Waals surface area contributed by atoms with E-state index in [-0.39, 0.29) is 12.5 Å². The van der Waals surface area contributed by atoms with Gasteiger partial charge in [-0.1, -0.05) is 35.9 Å². The number of nitrogens with one attached hydrogen (secondary N) is 1. The smallest absolute Gasteiger partial charge is 0.257 e. The van der Waals surface area contributed by atoms with Crippen molar-refractivity contribution in [3.8, 4) is 5.75 Å². The molecule has 0 unspecified atom stereocenters. The molecule has 0 bridgehead atoms. The molecular formula is C17H15ClN2O2S. The topological polar surface area (TPSA) is 51.2 Å². The van der Waals surface area contributed by atoms with Crippen molar-refractivity contribution in [3.63, 3.8) is 0 Å². The highest BCUT2D eigenvalue weighted by Crippen LogP contribution is 2.23. The zero-order valence-corrected chi connectivity index (χ0v) is 13.9. The van der Waals surface area contributed by atoms with Gasteiger partial charge in [-0.15, -0.1) is 11.3 Å². The molecule has 1 heterocycles.